The summed E-state index contributed by atoms with van der Waals surface area (Å²) in [4.78, 5) is 21.9. The number of rotatable bonds is 3. The molecule has 0 heterocycles. The van der Waals surface area contributed by atoms with Crippen LogP contribution in [-0.4, -0.2) is 26.0 Å². The van der Waals surface area contributed by atoms with Gasteiger partial charge in [0.15, 0.2) is 6.29 Å². The second kappa shape index (κ2) is 6.33. The molecule has 0 amide bonds. The van der Waals surface area contributed by atoms with Gasteiger partial charge >= 0.3 is 5.97 Å². The van der Waals surface area contributed by atoms with Crippen LogP contribution in [0.2, 0.25) is 0 Å². The van der Waals surface area contributed by atoms with Crippen LogP contribution < -0.4 is 4.74 Å². The first-order valence-corrected chi connectivity index (χ1v) is 5.03. The van der Waals surface area contributed by atoms with Gasteiger partial charge in [-0.15, -0.1) is 0 Å². The van der Waals surface area contributed by atoms with Crippen molar-refractivity contribution in [1.82, 2.24) is 0 Å². The fraction of sp³-hybridized carbons (Fsp3) is 0.231. The third-order valence-electron chi connectivity index (χ3n) is 1.96. The molecule has 17 heavy (non-hydrogen) atoms. The molecule has 4 nitrogen and oxygen atoms in total. The first-order chi connectivity index (χ1) is 8.21. The molecule has 0 aliphatic carbocycles. The van der Waals surface area contributed by atoms with E-state index in [2.05, 4.69) is 16.6 Å². The topological polar surface area (TPSA) is 52.6 Å². The maximum absolute atomic E-state index is 11.0. The fourth-order valence-electron chi connectivity index (χ4n) is 1.16. The zero-order valence-electron chi connectivity index (χ0n) is 9.65. The van der Waals surface area contributed by atoms with Crippen molar-refractivity contribution < 1.29 is 19.1 Å². The minimum atomic E-state index is -0.611. The minimum absolute atomic E-state index is 0.274. The molecule has 0 bridgehead atoms. The molecule has 0 N–H and O–H groups in total. The van der Waals surface area contributed by atoms with E-state index < -0.39 is 5.97 Å². The number of aldehydes is 1. The lowest BCUT2D eigenvalue weighted by Crippen LogP contribution is -2.00. The quantitative estimate of drug-likeness (QED) is 0.449. The van der Waals surface area contributed by atoms with Crippen molar-refractivity contribution in [1.29, 1.82) is 0 Å². The van der Waals surface area contributed by atoms with Gasteiger partial charge in [-0.2, -0.15) is 0 Å². The van der Waals surface area contributed by atoms with E-state index in [9.17, 15) is 9.59 Å². The summed E-state index contributed by atoms with van der Waals surface area (Å²) in [6.45, 7) is 1.97. The molecule has 0 saturated carbocycles. The van der Waals surface area contributed by atoms with Gasteiger partial charge in [0.2, 0.25) is 0 Å². The highest BCUT2D eigenvalue weighted by Crippen LogP contribution is 2.15. The first kappa shape index (κ1) is 12.8. The average Bonchev–Trinajstić information content (AvgIpc) is 2.36. The summed E-state index contributed by atoms with van der Waals surface area (Å²) < 4.78 is 9.63. The molecule has 4 heteroatoms. The molecule has 0 spiro atoms. The second-order valence-electron chi connectivity index (χ2n) is 3.04. The molecule has 88 valence electrons. The molecule has 1 rings (SSSR count). The Bertz CT molecular complexity index is 480. The van der Waals surface area contributed by atoms with E-state index in [1.807, 2.05) is 0 Å². The van der Waals surface area contributed by atoms with Crippen LogP contribution in [0.25, 0.3) is 0 Å². The summed E-state index contributed by atoms with van der Waals surface area (Å²) in [5.41, 5.74) is 0.843. The predicted molar refractivity (Wildman–Crippen MR) is 61.9 cm³/mol. The number of hydrogen-bond donors (Lipinski definition) is 0. The van der Waals surface area contributed by atoms with Crippen molar-refractivity contribution in [3.63, 3.8) is 0 Å². The largest absolute Gasteiger partial charge is 0.497 e. The maximum atomic E-state index is 11.0. The lowest BCUT2D eigenvalue weighted by atomic mass is 10.1. The molecule has 0 unspecified atom stereocenters. The van der Waals surface area contributed by atoms with Gasteiger partial charge in [0.05, 0.1) is 13.7 Å². The van der Waals surface area contributed by atoms with Crippen LogP contribution in [0.1, 0.15) is 22.8 Å². The Hall–Kier alpha value is -2.28. The Labute approximate surface area is 99.5 Å². The van der Waals surface area contributed by atoms with E-state index in [0.29, 0.717) is 23.2 Å². The molecule has 0 aliphatic heterocycles. The highest BCUT2D eigenvalue weighted by Gasteiger charge is 2.01. The average molecular weight is 232 g/mol. The fourth-order valence-corrected chi connectivity index (χ4v) is 1.16. The molecule has 0 atom stereocenters. The van der Waals surface area contributed by atoms with Crippen LogP contribution in [0.5, 0.6) is 5.75 Å². The number of carbonyl (C=O) groups is 2. The summed E-state index contributed by atoms with van der Waals surface area (Å²) in [7, 11) is 1.51. The van der Waals surface area contributed by atoms with Crippen LogP contribution in [0, 0.1) is 11.8 Å². The van der Waals surface area contributed by atoms with E-state index in [-0.39, 0.29) is 6.61 Å². The zero-order chi connectivity index (χ0) is 12.7. The van der Waals surface area contributed by atoms with Gasteiger partial charge in [0, 0.05) is 17.0 Å². The summed E-state index contributed by atoms with van der Waals surface area (Å²) in [5, 5.41) is 0. The Morgan fingerprint density at radius 3 is 2.82 bits per heavy atom. The zero-order valence-corrected chi connectivity index (χ0v) is 9.65. The van der Waals surface area contributed by atoms with Crippen molar-refractivity contribution >= 4 is 12.3 Å². The van der Waals surface area contributed by atoms with Gasteiger partial charge in [-0.1, -0.05) is 5.92 Å². The van der Waals surface area contributed by atoms with E-state index in [0.717, 1.165) is 0 Å². The summed E-state index contributed by atoms with van der Waals surface area (Å²) >= 11 is 0. The maximum Gasteiger partial charge on any atom is 0.384 e. The van der Waals surface area contributed by atoms with Crippen molar-refractivity contribution in [3.05, 3.63) is 29.3 Å². The Morgan fingerprint density at radius 2 is 2.24 bits per heavy atom. The number of hydrogen-bond acceptors (Lipinski definition) is 4. The second-order valence-corrected chi connectivity index (χ2v) is 3.04. The van der Waals surface area contributed by atoms with Gasteiger partial charge < -0.3 is 9.47 Å². The highest BCUT2D eigenvalue weighted by molar-refractivity contribution is 5.90. The minimum Gasteiger partial charge on any atom is -0.497 e. The Balaban J connectivity index is 2.98. The molecular formula is C13H12O4. The van der Waals surface area contributed by atoms with E-state index in [1.54, 1.807) is 25.1 Å². The molecule has 0 aromatic heterocycles. The van der Waals surface area contributed by atoms with Crippen LogP contribution in [0.4, 0.5) is 0 Å². The third kappa shape index (κ3) is 3.65. The van der Waals surface area contributed by atoms with Crippen LogP contribution in [0.15, 0.2) is 18.2 Å². The molecule has 0 aliphatic rings. The number of ether oxygens (including phenoxy) is 2. The molecule has 0 fully saturated rings. The smallest absolute Gasteiger partial charge is 0.384 e. The van der Waals surface area contributed by atoms with Crippen LogP contribution in [-0.2, 0) is 9.53 Å². The Morgan fingerprint density at radius 1 is 1.47 bits per heavy atom. The summed E-state index contributed by atoms with van der Waals surface area (Å²) in [5.74, 6) is 4.84. The predicted octanol–water partition coefficient (Wildman–Crippen LogP) is 1.42. The van der Waals surface area contributed by atoms with Crippen LogP contribution >= 0.6 is 0 Å². The SMILES string of the molecule is CCOC(=O)C#Cc1ccc(OC)cc1C=O. The van der Waals surface area contributed by atoms with Gasteiger partial charge in [0.25, 0.3) is 0 Å². The Kier molecular flexibility index (Phi) is 4.77. The van der Waals surface area contributed by atoms with E-state index in [4.69, 9.17) is 4.74 Å². The third-order valence-corrected chi connectivity index (χ3v) is 1.96. The van der Waals surface area contributed by atoms with Crippen molar-refractivity contribution in [2.24, 2.45) is 0 Å². The van der Waals surface area contributed by atoms with Gasteiger partial charge in [-0.05, 0) is 25.1 Å². The standard InChI is InChI=1S/C13H12O4/c1-3-17-13(15)7-5-10-4-6-12(16-2)8-11(10)9-14/h4,6,8-9H,3H2,1-2H3. The van der Waals surface area contributed by atoms with Crippen molar-refractivity contribution in [2.45, 2.75) is 6.92 Å². The molecule has 0 radical (unpaired) electrons. The lowest BCUT2D eigenvalue weighted by molar-refractivity contribution is -0.136. The highest BCUT2D eigenvalue weighted by atomic mass is 16.5. The van der Waals surface area contributed by atoms with E-state index >= 15 is 0 Å². The molecule has 1 aromatic carbocycles. The number of methoxy groups -OCH3 is 1. The summed E-state index contributed by atoms with van der Waals surface area (Å²) in [6.07, 6.45) is 0.664. The number of esters is 1. The number of carbonyl (C=O) groups excluding carboxylic acids is 2. The van der Waals surface area contributed by atoms with Crippen LogP contribution in [0.3, 0.4) is 0 Å². The molecule has 0 saturated heterocycles. The van der Waals surface area contributed by atoms with Gasteiger partial charge in [0.1, 0.15) is 5.75 Å². The van der Waals surface area contributed by atoms with E-state index in [1.165, 1.54) is 7.11 Å². The van der Waals surface area contributed by atoms with Crippen molar-refractivity contribution in [3.8, 4) is 17.6 Å². The first-order valence-electron chi connectivity index (χ1n) is 5.03. The monoisotopic (exact) mass is 232 g/mol. The normalized spacial score (nSPS) is 8.82. The lowest BCUT2D eigenvalue weighted by Gasteiger charge is -2.01. The summed E-state index contributed by atoms with van der Waals surface area (Å²) in [6, 6.07) is 4.85. The van der Waals surface area contributed by atoms with Gasteiger partial charge in [-0.3, -0.25) is 4.79 Å². The number of benzene rings is 1. The molecule has 1 aromatic rings. The van der Waals surface area contributed by atoms with Gasteiger partial charge in [-0.25, -0.2) is 4.79 Å². The van der Waals surface area contributed by atoms with Crippen molar-refractivity contribution in [2.75, 3.05) is 13.7 Å². The molecular weight excluding hydrogens is 220 g/mol.